The van der Waals surface area contributed by atoms with Gasteiger partial charge in [0.15, 0.2) is 0 Å². The van der Waals surface area contributed by atoms with E-state index in [-0.39, 0.29) is 22.6 Å². The number of aromatic nitrogens is 1. The van der Waals surface area contributed by atoms with Crippen molar-refractivity contribution in [2.45, 2.75) is 25.3 Å². The van der Waals surface area contributed by atoms with Crippen molar-refractivity contribution in [2.24, 2.45) is 5.92 Å². The average Bonchev–Trinajstić information content (AvgIpc) is 3.04. The molecule has 1 aromatic carbocycles. The van der Waals surface area contributed by atoms with Crippen molar-refractivity contribution in [3.63, 3.8) is 0 Å². The molecule has 0 radical (unpaired) electrons. The Morgan fingerprint density at radius 3 is 3.00 bits per heavy atom. The van der Waals surface area contributed by atoms with Crippen LogP contribution in [0.2, 0.25) is 0 Å². The highest BCUT2D eigenvalue weighted by atomic mass is 16.6. The summed E-state index contributed by atoms with van der Waals surface area (Å²) in [6.45, 7) is 1.93. The van der Waals surface area contributed by atoms with Gasteiger partial charge in [0.1, 0.15) is 0 Å². The van der Waals surface area contributed by atoms with Crippen LogP contribution in [0.1, 0.15) is 35.1 Å². The van der Waals surface area contributed by atoms with Gasteiger partial charge in [0, 0.05) is 36.1 Å². The SMILES string of the molecule is Cc1cc([N+](=O)[O-])cc2c1N[C@H](c1cccnc1)[C@@H]1CC=C[C@@H]21. The molecule has 1 aliphatic carbocycles. The van der Waals surface area contributed by atoms with Crippen LogP contribution in [0, 0.1) is 23.0 Å². The zero-order valence-corrected chi connectivity index (χ0v) is 12.8. The highest BCUT2D eigenvalue weighted by Gasteiger charge is 2.39. The zero-order chi connectivity index (χ0) is 16.0. The molecule has 1 aliphatic heterocycles. The zero-order valence-electron chi connectivity index (χ0n) is 12.8. The van der Waals surface area contributed by atoms with Gasteiger partial charge in [-0.1, -0.05) is 18.2 Å². The van der Waals surface area contributed by atoms with Gasteiger partial charge in [-0.3, -0.25) is 15.1 Å². The fraction of sp³-hybridized carbons (Fsp3) is 0.278. The molecular weight excluding hydrogens is 290 g/mol. The molecule has 2 heterocycles. The normalized spacial score (nSPS) is 24.7. The second kappa shape index (κ2) is 5.19. The second-order valence-electron chi connectivity index (χ2n) is 6.25. The van der Waals surface area contributed by atoms with Crippen molar-refractivity contribution in [3.05, 3.63) is 75.6 Å². The van der Waals surface area contributed by atoms with Gasteiger partial charge >= 0.3 is 0 Å². The standard InChI is InChI=1S/C18H17N3O2/c1-11-8-13(21(22)23)9-16-14-5-2-6-15(14)18(20-17(11)16)12-4-3-7-19-10-12/h2-5,7-10,14-15,18,20H,6H2,1H3/t14-,15-,18-/m1/s1. The molecule has 0 amide bonds. The van der Waals surface area contributed by atoms with E-state index in [2.05, 4.69) is 28.5 Å². The van der Waals surface area contributed by atoms with Crippen LogP contribution in [0.25, 0.3) is 0 Å². The van der Waals surface area contributed by atoms with Crippen LogP contribution in [0.4, 0.5) is 11.4 Å². The number of benzene rings is 1. The highest BCUT2D eigenvalue weighted by Crippen LogP contribution is 2.51. The number of rotatable bonds is 2. The second-order valence-corrected chi connectivity index (χ2v) is 6.25. The Labute approximate surface area is 134 Å². The molecule has 0 spiro atoms. The third-order valence-electron chi connectivity index (χ3n) is 4.91. The molecule has 2 aliphatic rings. The minimum absolute atomic E-state index is 0.168. The molecule has 0 saturated heterocycles. The summed E-state index contributed by atoms with van der Waals surface area (Å²) in [5.74, 6) is 0.586. The van der Waals surface area contributed by atoms with Crippen molar-refractivity contribution >= 4 is 11.4 Å². The van der Waals surface area contributed by atoms with E-state index in [1.54, 1.807) is 18.3 Å². The lowest BCUT2D eigenvalue weighted by Gasteiger charge is -2.38. The number of pyridine rings is 1. The predicted octanol–water partition coefficient (Wildman–Crippen LogP) is 4.12. The number of nitrogens with one attached hydrogen (secondary N) is 1. The minimum atomic E-state index is -0.311. The van der Waals surface area contributed by atoms with Gasteiger partial charge in [-0.15, -0.1) is 0 Å². The van der Waals surface area contributed by atoms with Crippen molar-refractivity contribution in [2.75, 3.05) is 5.32 Å². The summed E-state index contributed by atoms with van der Waals surface area (Å²) in [4.78, 5) is 15.1. The van der Waals surface area contributed by atoms with Crippen LogP contribution in [0.5, 0.6) is 0 Å². The Kier molecular flexibility index (Phi) is 3.15. The summed E-state index contributed by atoms with van der Waals surface area (Å²) in [6.07, 6.45) is 9.02. The Morgan fingerprint density at radius 1 is 1.39 bits per heavy atom. The van der Waals surface area contributed by atoms with Crippen LogP contribution in [0.3, 0.4) is 0 Å². The Morgan fingerprint density at radius 2 is 2.26 bits per heavy atom. The minimum Gasteiger partial charge on any atom is -0.377 e. The van der Waals surface area contributed by atoms with Crippen molar-refractivity contribution in [1.29, 1.82) is 0 Å². The average molecular weight is 307 g/mol. The number of aryl methyl sites for hydroxylation is 1. The van der Waals surface area contributed by atoms with E-state index in [0.29, 0.717) is 5.92 Å². The molecule has 0 fully saturated rings. The van der Waals surface area contributed by atoms with Gasteiger partial charge in [-0.25, -0.2) is 0 Å². The number of non-ortho nitro benzene ring substituents is 1. The molecule has 116 valence electrons. The lowest BCUT2D eigenvalue weighted by atomic mass is 9.76. The van der Waals surface area contributed by atoms with Gasteiger partial charge < -0.3 is 5.32 Å². The number of anilines is 1. The number of nitro groups is 1. The Hall–Kier alpha value is -2.69. The van der Waals surface area contributed by atoms with Crippen LogP contribution in [0.15, 0.2) is 48.8 Å². The Bertz CT molecular complexity index is 801. The maximum atomic E-state index is 11.2. The van der Waals surface area contributed by atoms with Crippen molar-refractivity contribution < 1.29 is 4.92 Å². The van der Waals surface area contributed by atoms with E-state index in [1.165, 1.54) is 0 Å². The van der Waals surface area contributed by atoms with Crippen LogP contribution >= 0.6 is 0 Å². The summed E-state index contributed by atoms with van der Waals surface area (Å²) < 4.78 is 0. The molecule has 0 unspecified atom stereocenters. The molecule has 1 N–H and O–H groups in total. The monoisotopic (exact) mass is 307 g/mol. The van der Waals surface area contributed by atoms with Crippen LogP contribution in [-0.4, -0.2) is 9.91 Å². The summed E-state index contributed by atoms with van der Waals surface area (Å²) in [7, 11) is 0. The first-order chi connectivity index (χ1) is 11.1. The molecule has 5 heteroatoms. The van der Waals surface area contributed by atoms with E-state index in [1.807, 2.05) is 19.2 Å². The molecule has 5 nitrogen and oxygen atoms in total. The van der Waals surface area contributed by atoms with Gasteiger partial charge in [0.2, 0.25) is 0 Å². The van der Waals surface area contributed by atoms with Gasteiger partial charge in [0.25, 0.3) is 5.69 Å². The predicted molar refractivity (Wildman–Crippen MR) is 88.4 cm³/mol. The fourth-order valence-electron chi connectivity index (χ4n) is 3.86. The highest BCUT2D eigenvalue weighted by molar-refractivity contribution is 5.67. The molecular formula is C18H17N3O2. The number of allylic oxidation sites excluding steroid dienone is 2. The number of hydrogen-bond acceptors (Lipinski definition) is 4. The maximum Gasteiger partial charge on any atom is 0.270 e. The van der Waals surface area contributed by atoms with Crippen molar-refractivity contribution in [3.8, 4) is 0 Å². The van der Waals surface area contributed by atoms with Crippen LogP contribution in [-0.2, 0) is 0 Å². The third kappa shape index (κ3) is 2.20. The van der Waals surface area contributed by atoms with Gasteiger partial charge in [-0.2, -0.15) is 0 Å². The lowest BCUT2D eigenvalue weighted by Crippen LogP contribution is -2.29. The molecule has 2 aromatic rings. The lowest BCUT2D eigenvalue weighted by molar-refractivity contribution is -0.385. The van der Waals surface area contributed by atoms with E-state index in [4.69, 9.17) is 0 Å². The number of nitrogens with zero attached hydrogens (tertiary/aromatic N) is 2. The maximum absolute atomic E-state index is 11.2. The molecule has 1 aromatic heterocycles. The number of hydrogen-bond donors (Lipinski definition) is 1. The summed E-state index contributed by atoms with van der Waals surface area (Å²) >= 11 is 0. The topological polar surface area (TPSA) is 68.1 Å². The van der Waals surface area contributed by atoms with E-state index in [0.717, 1.165) is 28.8 Å². The summed E-state index contributed by atoms with van der Waals surface area (Å²) in [5, 5.41) is 14.8. The first-order valence-corrected chi connectivity index (χ1v) is 7.77. The van der Waals surface area contributed by atoms with E-state index < -0.39 is 0 Å². The first-order valence-electron chi connectivity index (χ1n) is 7.77. The first kappa shape index (κ1) is 13.9. The Balaban J connectivity index is 1.84. The third-order valence-corrected chi connectivity index (χ3v) is 4.91. The van der Waals surface area contributed by atoms with E-state index >= 15 is 0 Å². The number of fused-ring (bicyclic) bond motifs is 3. The number of nitro benzene ring substituents is 1. The van der Waals surface area contributed by atoms with Crippen LogP contribution < -0.4 is 5.32 Å². The molecule has 0 bridgehead atoms. The molecule has 23 heavy (non-hydrogen) atoms. The molecule has 4 rings (SSSR count). The van der Waals surface area contributed by atoms with E-state index in [9.17, 15) is 10.1 Å². The summed E-state index contributed by atoms with van der Waals surface area (Å²) in [5.41, 5.74) is 4.31. The molecule has 3 atom stereocenters. The summed E-state index contributed by atoms with van der Waals surface area (Å²) in [6, 6.07) is 7.59. The largest absolute Gasteiger partial charge is 0.377 e. The molecule has 0 saturated carbocycles. The van der Waals surface area contributed by atoms with Gasteiger partial charge in [-0.05, 0) is 42.0 Å². The van der Waals surface area contributed by atoms with Gasteiger partial charge in [0.05, 0.1) is 11.0 Å². The smallest absolute Gasteiger partial charge is 0.270 e. The quantitative estimate of drug-likeness (QED) is 0.514. The van der Waals surface area contributed by atoms with Crippen molar-refractivity contribution in [1.82, 2.24) is 4.98 Å². The fourth-order valence-corrected chi connectivity index (χ4v) is 3.86.